The third kappa shape index (κ3) is 2.22. The topological polar surface area (TPSA) is 113 Å². The average Bonchev–Trinajstić information content (AvgIpc) is 3.15. The molecular weight excluding hydrogens is 276 g/mol. The molecule has 0 amide bonds. The van der Waals surface area contributed by atoms with Crippen molar-refractivity contribution in [3.63, 3.8) is 0 Å². The fraction of sp³-hybridized carbons (Fsp3) is 0.333. The van der Waals surface area contributed by atoms with Crippen molar-refractivity contribution in [3.05, 3.63) is 33.9 Å². The molecule has 104 valence electrons. The Morgan fingerprint density at radius 1 is 1.60 bits per heavy atom. The summed E-state index contributed by atoms with van der Waals surface area (Å²) in [6.07, 6.45) is 3.65. The van der Waals surface area contributed by atoms with Crippen molar-refractivity contribution in [2.75, 3.05) is 0 Å². The molecule has 0 aromatic carbocycles. The van der Waals surface area contributed by atoms with Crippen molar-refractivity contribution < 1.29 is 0 Å². The first-order valence-corrected chi connectivity index (χ1v) is 7.04. The molecule has 1 saturated carbocycles. The highest BCUT2D eigenvalue weighted by molar-refractivity contribution is 7.99. The molecule has 0 unspecified atom stereocenters. The highest BCUT2D eigenvalue weighted by Gasteiger charge is 2.29. The van der Waals surface area contributed by atoms with E-state index in [1.165, 1.54) is 11.8 Å². The van der Waals surface area contributed by atoms with Gasteiger partial charge in [-0.3, -0.25) is 9.98 Å². The smallest absolute Gasteiger partial charge is 0.344 e. The number of hydrogen-bond donors (Lipinski definition) is 3. The predicted octanol–water partition coefficient (Wildman–Crippen LogP) is 1.04. The van der Waals surface area contributed by atoms with E-state index in [1.54, 1.807) is 16.8 Å². The summed E-state index contributed by atoms with van der Waals surface area (Å²) < 4.78 is 1.65. The summed E-state index contributed by atoms with van der Waals surface area (Å²) in [5.41, 5.74) is 6.89. The van der Waals surface area contributed by atoms with Gasteiger partial charge in [0.05, 0.1) is 5.56 Å². The Hall–Kier alpha value is -2.09. The van der Waals surface area contributed by atoms with Crippen LogP contribution in [0.5, 0.6) is 0 Å². The first-order chi connectivity index (χ1) is 9.58. The summed E-state index contributed by atoms with van der Waals surface area (Å²) >= 11 is 1.26. The number of nitrogens with zero attached hydrogens (tertiary/aromatic N) is 3. The molecule has 0 atom stereocenters. The van der Waals surface area contributed by atoms with Crippen molar-refractivity contribution in [1.29, 1.82) is 5.41 Å². The van der Waals surface area contributed by atoms with Gasteiger partial charge in [-0.15, -0.1) is 5.10 Å². The maximum atomic E-state index is 11.7. The van der Waals surface area contributed by atoms with E-state index < -0.39 is 0 Å². The molecule has 2 aromatic heterocycles. The van der Waals surface area contributed by atoms with Crippen molar-refractivity contribution in [1.82, 2.24) is 19.7 Å². The number of rotatable bonds is 4. The maximum absolute atomic E-state index is 11.7. The minimum absolute atomic E-state index is 0.0334. The summed E-state index contributed by atoms with van der Waals surface area (Å²) in [5.74, 6) is -0.0334. The van der Waals surface area contributed by atoms with Crippen LogP contribution in [0.25, 0.3) is 0 Å². The van der Waals surface area contributed by atoms with Gasteiger partial charge in [0.2, 0.25) is 0 Å². The number of nitrogens with two attached hydrogens (primary N) is 1. The first-order valence-electron chi connectivity index (χ1n) is 6.22. The van der Waals surface area contributed by atoms with Gasteiger partial charge in [0.1, 0.15) is 10.9 Å². The van der Waals surface area contributed by atoms with Gasteiger partial charge in [-0.05, 0) is 43.2 Å². The van der Waals surface area contributed by atoms with Crippen LogP contribution in [0.4, 0.5) is 0 Å². The molecule has 2 aromatic rings. The minimum atomic E-state index is -0.202. The Morgan fingerprint density at radius 3 is 3.00 bits per heavy atom. The monoisotopic (exact) mass is 290 g/mol. The van der Waals surface area contributed by atoms with Gasteiger partial charge in [-0.1, -0.05) is 0 Å². The van der Waals surface area contributed by atoms with E-state index in [2.05, 4.69) is 15.2 Å². The van der Waals surface area contributed by atoms with Crippen LogP contribution in [0.15, 0.2) is 27.2 Å². The van der Waals surface area contributed by atoms with E-state index in [1.807, 2.05) is 6.92 Å². The SMILES string of the molecule is Cc1ccnc(Sc2n[nH]c(=O)n2C2CC2)c1C(=N)N. The number of aryl methyl sites for hydroxylation is 1. The van der Waals surface area contributed by atoms with Crippen LogP contribution in [0.2, 0.25) is 0 Å². The molecule has 0 spiro atoms. The number of H-pyrrole nitrogens is 1. The molecule has 0 aliphatic heterocycles. The van der Waals surface area contributed by atoms with Gasteiger partial charge < -0.3 is 5.73 Å². The lowest BCUT2D eigenvalue weighted by atomic mass is 10.1. The fourth-order valence-corrected chi connectivity index (χ4v) is 3.12. The zero-order valence-corrected chi connectivity index (χ0v) is 11.7. The molecule has 0 radical (unpaired) electrons. The number of nitrogen functional groups attached to an aromatic ring is 1. The van der Waals surface area contributed by atoms with Gasteiger partial charge in [-0.2, -0.15) is 0 Å². The van der Waals surface area contributed by atoms with Gasteiger partial charge in [-0.25, -0.2) is 14.9 Å². The van der Waals surface area contributed by atoms with Crippen LogP contribution in [0.1, 0.15) is 30.0 Å². The van der Waals surface area contributed by atoms with Gasteiger partial charge in [0.25, 0.3) is 0 Å². The zero-order valence-electron chi connectivity index (χ0n) is 10.9. The number of hydrogen-bond acceptors (Lipinski definition) is 5. The van der Waals surface area contributed by atoms with Gasteiger partial charge in [0.15, 0.2) is 5.16 Å². The third-order valence-electron chi connectivity index (χ3n) is 3.17. The van der Waals surface area contributed by atoms with E-state index in [4.69, 9.17) is 11.1 Å². The second kappa shape index (κ2) is 4.78. The Bertz CT molecular complexity index is 730. The van der Waals surface area contributed by atoms with E-state index in [0.29, 0.717) is 15.7 Å². The van der Waals surface area contributed by atoms with Crippen molar-refractivity contribution in [2.24, 2.45) is 5.73 Å². The predicted molar refractivity (Wildman–Crippen MR) is 75.2 cm³/mol. The average molecular weight is 290 g/mol. The molecule has 3 rings (SSSR count). The Balaban J connectivity index is 2.02. The lowest BCUT2D eigenvalue weighted by Crippen LogP contribution is -2.17. The molecule has 7 nitrogen and oxygen atoms in total. The van der Waals surface area contributed by atoms with Crippen LogP contribution in [0.3, 0.4) is 0 Å². The number of aromatic nitrogens is 4. The highest BCUT2D eigenvalue weighted by Crippen LogP contribution is 2.38. The quantitative estimate of drug-likeness (QED) is 0.575. The molecular formula is C12H14N6OS. The molecule has 1 fully saturated rings. The van der Waals surface area contributed by atoms with Crippen molar-refractivity contribution >= 4 is 17.6 Å². The second-order valence-electron chi connectivity index (χ2n) is 4.74. The zero-order chi connectivity index (χ0) is 14.3. The summed E-state index contributed by atoms with van der Waals surface area (Å²) in [7, 11) is 0. The molecule has 1 aliphatic rings. The summed E-state index contributed by atoms with van der Waals surface area (Å²) in [6, 6.07) is 2.04. The Labute approximate surface area is 119 Å². The number of nitrogens with one attached hydrogen (secondary N) is 2. The molecule has 1 aliphatic carbocycles. The molecule has 2 heterocycles. The summed E-state index contributed by atoms with van der Waals surface area (Å²) in [6.45, 7) is 1.88. The fourth-order valence-electron chi connectivity index (χ4n) is 2.04. The van der Waals surface area contributed by atoms with Crippen LogP contribution < -0.4 is 11.4 Å². The van der Waals surface area contributed by atoms with Crippen LogP contribution in [-0.4, -0.2) is 25.6 Å². The van der Waals surface area contributed by atoms with Crippen LogP contribution in [0, 0.1) is 12.3 Å². The highest BCUT2D eigenvalue weighted by atomic mass is 32.2. The molecule has 0 bridgehead atoms. The third-order valence-corrected chi connectivity index (χ3v) is 4.14. The van der Waals surface area contributed by atoms with E-state index in [-0.39, 0.29) is 17.6 Å². The minimum Gasteiger partial charge on any atom is -0.384 e. The van der Waals surface area contributed by atoms with E-state index >= 15 is 0 Å². The van der Waals surface area contributed by atoms with Crippen LogP contribution >= 0.6 is 11.8 Å². The molecule has 4 N–H and O–H groups in total. The summed E-state index contributed by atoms with van der Waals surface area (Å²) in [5, 5.41) is 15.3. The lowest BCUT2D eigenvalue weighted by Gasteiger charge is -2.09. The van der Waals surface area contributed by atoms with Crippen molar-refractivity contribution in [3.8, 4) is 0 Å². The number of aromatic amines is 1. The lowest BCUT2D eigenvalue weighted by molar-refractivity contribution is 0.642. The molecule has 8 heteroatoms. The van der Waals surface area contributed by atoms with Crippen molar-refractivity contribution in [2.45, 2.75) is 36.0 Å². The van der Waals surface area contributed by atoms with Crippen LogP contribution in [-0.2, 0) is 0 Å². The first kappa shape index (κ1) is 12.9. The van der Waals surface area contributed by atoms with Gasteiger partial charge in [0, 0.05) is 12.2 Å². The number of amidine groups is 1. The maximum Gasteiger partial charge on any atom is 0.344 e. The Kier molecular flexibility index (Phi) is 3.09. The normalized spacial score (nSPS) is 14.4. The second-order valence-corrected chi connectivity index (χ2v) is 5.69. The van der Waals surface area contributed by atoms with E-state index in [9.17, 15) is 4.79 Å². The Morgan fingerprint density at radius 2 is 2.35 bits per heavy atom. The number of pyridine rings is 1. The summed E-state index contributed by atoms with van der Waals surface area (Å²) in [4.78, 5) is 16.0. The standard InChI is InChI=1S/C12H14N6OS/c1-6-4-5-15-10(8(6)9(13)14)20-12-17-16-11(19)18(12)7-2-3-7/h4-5,7H,2-3H2,1H3,(H3,13,14)(H,16,19). The van der Waals surface area contributed by atoms with E-state index in [0.717, 1.165) is 18.4 Å². The largest absolute Gasteiger partial charge is 0.384 e. The van der Waals surface area contributed by atoms with Gasteiger partial charge >= 0.3 is 5.69 Å². The molecule has 0 saturated heterocycles. The molecule has 20 heavy (non-hydrogen) atoms.